The lowest BCUT2D eigenvalue weighted by molar-refractivity contribution is -0.117. The van der Waals surface area contributed by atoms with Crippen LogP contribution >= 0.6 is 0 Å². The zero-order valence-corrected chi connectivity index (χ0v) is 16.6. The van der Waals surface area contributed by atoms with E-state index in [4.69, 9.17) is 0 Å². The summed E-state index contributed by atoms with van der Waals surface area (Å²) in [7, 11) is -3.60. The highest BCUT2D eigenvalue weighted by molar-refractivity contribution is 7.89. The third kappa shape index (κ3) is 3.27. The molecule has 28 heavy (non-hydrogen) atoms. The number of fused-ring (bicyclic) bond motifs is 1. The van der Waals surface area contributed by atoms with Gasteiger partial charge < -0.3 is 5.32 Å². The van der Waals surface area contributed by atoms with Gasteiger partial charge in [0.2, 0.25) is 15.9 Å². The largest absolute Gasteiger partial charge is 0.350 e. The number of rotatable bonds is 5. The van der Waals surface area contributed by atoms with Crippen LogP contribution in [-0.2, 0) is 14.8 Å². The van der Waals surface area contributed by atoms with E-state index in [1.165, 1.54) is 12.3 Å². The van der Waals surface area contributed by atoms with Crippen molar-refractivity contribution in [3.63, 3.8) is 0 Å². The number of hydrogen-bond donors (Lipinski definition) is 1. The zero-order chi connectivity index (χ0) is 19.9. The fourth-order valence-corrected chi connectivity index (χ4v) is 6.14. The van der Waals surface area contributed by atoms with Gasteiger partial charge in [0.15, 0.2) is 0 Å². The number of nitrogens with one attached hydrogen (secondary N) is 1. The van der Waals surface area contributed by atoms with Crippen LogP contribution in [0.25, 0.3) is 5.69 Å². The van der Waals surface area contributed by atoms with Crippen LogP contribution in [0.1, 0.15) is 18.5 Å². The number of aromatic nitrogens is 2. The lowest BCUT2D eigenvalue weighted by Gasteiger charge is -2.19. The smallest absolute Gasteiger partial charge is 0.246 e. The average Bonchev–Trinajstić information content (AvgIpc) is 3.35. The normalized spacial score (nSPS) is 24.8. The summed E-state index contributed by atoms with van der Waals surface area (Å²) in [6.07, 6.45) is 4.33. The monoisotopic (exact) mass is 400 g/mol. The van der Waals surface area contributed by atoms with Gasteiger partial charge in [-0.05, 0) is 49.8 Å². The van der Waals surface area contributed by atoms with Crippen molar-refractivity contribution in [1.82, 2.24) is 19.4 Å². The molecule has 148 valence electrons. The number of sulfonamides is 1. The molecule has 4 rings (SSSR count). The van der Waals surface area contributed by atoms with E-state index in [-0.39, 0.29) is 28.7 Å². The van der Waals surface area contributed by atoms with Crippen molar-refractivity contribution in [2.75, 3.05) is 13.1 Å². The second kappa shape index (κ2) is 7.18. The zero-order valence-electron chi connectivity index (χ0n) is 15.8. The maximum Gasteiger partial charge on any atom is 0.246 e. The summed E-state index contributed by atoms with van der Waals surface area (Å²) < 4.78 is 29.7. The summed E-state index contributed by atoms with van der Waals surface area (Å²) in [4.78, 5) is 11.8. The Balaban J connectivity index is 1.50. The fraction of sp³-hybridized carbons (Fsp3) is 0.400. The molecule has 1 saturated carbocycles. The molecular formula is C20H24N4O3S. The quantitative estimate of drug-likeness (QED) is 0.777. The van der Waals surface area contributed by atoms with Gasteiger partial charge in [-0.1, -0.05) is 24.8 Å². The first kappa shape index (κ1) is 18.9. The SMILES string of the molecule is C=CC(=O)NC1CC2CN(S(=O)(=O)c3cnn(-c4ccccc4)c3C)CC2C1. The lowest BCUT2D eigenvalue weighted by atomic mass is 10.0. The number of para-hydroxylation sites is 1. The van der Waals surface area contributed by atoms with E-state index in [1.807, 2.05) is 30.3 Å². The summed E-state index contributed by atoms with van der Waals surface area (Å²) in [5.41, 5.74) is 1.44. The topological polar surface area (TPSA) is 84.3 Å². The number of benzene rings is 1. The Morgan fingerprint density at radius 2 is 1.86 bits per heavy atom. The first-order valence-electron chi connectivity index (χ1n) is 9.43. The number of carbonyl (C=O) groups is 1. The van der Waals surface area contributed by atoms with Crippen molar-refractivity contribution in [1.29, 1.82) is 0 Å². The Morgan fingerprint density at radius 3 is 2.46 bits per heavy atom. The number of hydrogen-bond acceptors (Lipinski definition) is 4. The van der Waals surface area contributed by atoms with Gasteiger partial charge in [-0.3, -0.25) is 4.79 Å². The first-order chi connectivity index (χ1) is 13.4. The van der Waals surface area contributed by atoms with Gasteiger partial charge in [0.1, 0.15) is 4.90 Å². The molecule has 2 unspecified atom stereocenters. The van der Waals surface area contributed by atoms with Gasteiger partial charge in [0.05, 0.1) is 17.6 Å². The average molecular weight is 401 g/mol. The minimum absolute atomic E-state index is 0.105. The number of amides is 1. The maximum absolute atomic E-state index is 13.2. The van der Waals surface area contributed by atoms with Crippen LogP contribution in [0.2, 0.25) is 0 Å². The van der Waals surface area contributed by atoms with E-state index >= 15 is 0 Å². The van der Waals surface area contributed by atoms with Crippen molar-refractivity contribution in [2.45, 2.75) is 30.7 Å². The predicted molar refractivity (Wildman–Crippen MR) is 105 cm³/mol. The van der Waals surface area contributed by atoms with Crippen LogP contribution in [0, 0.1) is 18.8 Å². The fourth-order valence-electron chi connectivity index (χ4n) is 4.45. The van der Waals surface area contributed by atoms with Crippen LogP contribution < -0.4 is 5.32 Å². The third-order valence-corrected chi connectivity index (χ3v) is 7.77. The van der Waals surface area contributed by atoms with Gasteiger partial charge in [0, 0.05) is 19.1 Å². The molecule has 1 aromatic carbocycles. The van der Waals surface area contributed by atoms with Crippen molar-refractivity contribution < 1.29 is 13.2 Å². The van der Waals surface area contributed by atoms with Gasteiger partial charge >= 0.3 is 0 Å². The van der Waals surface area contributed by atoms with Gasteiger partial charge in [-0.15, -0.1) is 0 Å². The third-order valence-electron chi connectivity index (χ3n) is 5.83. The van der Waals surface area contributed by atoms with Gasteiger partial charge in [0.25, 0.3) is 0 Å². The van der Waals surface area contributed by atoms with Crippen LogP contribution in [0.5, 0.6) is 0 Å². The first-order valence-corrected chi connectivity index (χ1v) is 10.9. The van der Waals surface area contributed by atoms with Gasteiger partial charge in [-0.2, -0.15) is 9.40 Å². The van der Waals surface area contributed by atoms with E-state index in [2.05, 4.69) is 17.0 Å². The van der Waals surface area contributed by atoms with Gasteiger partial charge in [-0.25, -0.2) is 13.1 Å². The molecule has 2 aromatic rings. The van der Waals surface area contributed by atoms with Crippen molar-refractivity contribution in [3.8, 4) is 5.69 Å². The molecule has 0 radical (unpaired) electrons. The number of nitrogens with zero attached hydrogens (tertiary/aromatic N) is 3. The Kier molecular flexibility index (Phi) is 4.84. The standard InChI is InChI=1S/C20H24N4O3S/c1-3-20(25)22-17-9-15-12-23(13-16(15)10-17)28(26,27)19-11-21-24(14(19)2)18-7-5-4-6-8-18/h3-8,11,15-17H,1,9-10,12-13H2,2H3,(H,22,25). The van der Waals surface area contributed by atoms with E-state index in [9.17, 15) is 13.2 Å². The Hall–Kier alpha value is -2.45. The molecule has 2 aliphatic rings. The molecule has 1 saturated heterocycles. The Bertz CT molecular complexity index is 986. The molecule has 1 N–H and O–H groups in total. The van der Waals surface area contributed by atoms with Crippen LogP contribution in [0.3, 0.4) is 0 Å². The van der Waals surface area contributed by atoms with Crippen molar-refractivity contribution in [3.05, 3.63) is 54.9 Å². The molecule has 8 heteroatoms. The van der Waals surface area contributed by atoms with E-state index < -0.39 is 10.0 Å². The maximum atomic E-state index is 13.2. The highest BCUT2D eigenvalue weighted by Gasteiger charge is 2.45. The second-order valence-corrected chi connectivity index (χ2v) is 9.47. The van der Waals surface area contributed by atoms with Crippen LogP contribution in [0.15, 0.2) is 54.1 Å². The van der Waals surface area contributed by atoms with E-state index in [0.29, 0.717) is 18.8 Å². The summed E-state index contributed by atoms with van der Waals surface area (Å²) in [5.74, 6) is 0.377. The predicted octanol–water partition coefficient (Wildman–Crippen LogP) is 1.88. The molecule has 2 fully saturated rings. The molecule has 7 nitrogen and oxygen atoms in total. The summed E-state index contributed by atoms with van der Waals surface area (Å²) in [6, 6.07) is 9.60. The molecule has 0 bridgehead atoms. The molecule has 1 aromatic heterocycles. The molecular weight excluding hydrogens is 376 g/mol. The molecule has 2 atom stereocenters. The minimum atomic E-state index is -3.60. The van der Waals surface area contributed by atoms with E-state index in [0.717, 1.165) is 18.5 Å². The lowest BCUT2D eigenvalue weighted by Crippen LogP contribution is -2.35. The summed E-state index contributed by atoms with van der Waals surface area (Å²) >= 11 is 0. The Labute approximate surface area is 165 Å². The van der Waals surface area contributed by atoms with Crippen LogP contribution in [-0.4, -0.2) is 47.5 Å². The highest BCUT2D eigenvalue weighted by atomic mass is 32.2. The minimum Gasteiger partial charge on any atom is -0.350 e. The molecule has 1 aliphatic carbocycles. The number of carbonyl (C=O) groups excluding carboxylic acids is 1. The molecule has 1 aliphatic heterocycles. The second-order valence-electron chi connectivity index (χ2n) is 7.56. The van der Waals surface area contributed by atoms with Crippen LogP contribution in [0.4, 0.5) is 0 Å². The van der Waals surface area contributed by atoms with Crippen molar-refractivity contribution >= 4 is 15.9 Å². The summed E-state index contributed by atoms with van der Waals surface area (Å²) in [5, 5.41) is 7.24. The Morgan fingerprint density at radius 1 is 1.21 bits per heavy atom. The molecule has 2 heterocycles. The van der Waals surface area contributed by atoms with Crippen molar-refractivity contribution in [2.24, 2.45) is 11.8 Å². The van der Waals surface area contributed by atoms with E-state index in [1.54, 1.807) is 15.9 Å². The molecule has 1 amide bonds. The summed E-state index contributed by atoms with van der Waals surface area (Å²) in [6.45, 7) is 6.24. The highest BCUT2D eigenvalue weighted by Crippen LogP contribution is 2.40. The molecule has 0 spiro atoms.